The van der Waals surface area contributed by atoms with E-state index in [4.69, 9.17) is 23.2 Å². The lowest BCUT2D eigenvalue weighted by Gasteiger charge is -2.04. The molecule has 0 fully saturated rings. The maximum atomic E-state index is 11.1. The first kappa shape index (κ1) is 14.2. The summed E-state index contributed by atoms with van der Waals surface area (Å²) in [6.45, 7) is 1.60. The van der Waals surface area contributed by atoms with Gasteiger partial charge in [0.2, 0.25) is 0 Å². The summed E-state index contributed by atoms with van der Waals surface area (Å²) in [4.78, 5) is 11.3. The average Bonchev–Trinajstić information content (AvgIpc) is 2.57. The molecule has 8 heteroatoms. The van der Waals surface area contributed by atoms with Gasteiger partial charge in [0.15, 0.2) is 5.03 Å². The van der Waals surface area contributed by atoms with Gasteiger partial charge in [-0.1, -0.05) is 35.0 Å². The van der Waals surface area contributed by atoms with Gasteiger partial charge in [0, 0.05) is 17.0 Å². The van der Waals surface area contributed by atoms with Crippen molar-refractivity contribution < 1.29 is 4.92 Å². The second kappa shape index (κ2) is 5.40. The Bertz CT molecular complexity index is 658. The molecule has 0 N–H and O–H groups in total. The Morgan fingerprint density at radius 1 is 1.42 bits per heavy atom. The molecule has 0 aliphatic carbocycles. The van der Waals surface area contributed by atoms with Gasteiger partial charge < -0.3 is 0 Å². The van der Waals surface area contributed by atoms with E-state index in [1.807, 2.05) is 0 Å². The van der Waals surface area contributed by atoms with Gasteiger partial charge in [-0.15, -0.1) is 0 Å². The van der Waals surface area contributed by atoms with Crippen molar-refractivity contribution in [2.24, 2.45) is 7.05 Å². The Morgan fingerprint density at radius 2 is 2.11 bits per heavy atom. The van der Waals surface area contributed by atoms with Crippen LogP contribution in [-0.2, 0) is 7.05 Å². The highest BCUT2D eigenvalue weighted by Gasteiger charge is 2.25. The maximum Gasteiger partial charge on any atom is 0.324 e. The molecular formula is C11H9Cl2N3O2S. The third kappa shape index (κ3) is 2.86. The number of hydrogen-bond acceptors (Lipinski definition) is 4. The predicted molar refractivity (Wildman–Crippen MR) is 75.2 cm³/mol. The lowest BCUT2D eigenvalue weighted by molar-refractivity contribution is -0.388. The third-order valence-electron chi connectivity index (χ3n) is 2.42. The van der Waals surface area contributed by atoms with Crippen molar-refractivity contribution in [1.82, 2.24) is 9.78 Å². The second-order valence-corrected chi connectivity index (χ2v) is 5.67. The van der Waals surface area contributed by atoms with E-state index in [0.29, 0.717) is 25.7 Å². The number of benzene rings is 1. The van der Waals surface area contributed by atoms with Gasteiger partial charge >= 0.3 is 5.69 Å². The van der Waals surface area contributed by atoms with Crippen LogP contribution in [0.5, 0.6) is 0 Å². The van der Waals surface area contributed by atoms with Gasteiger partial charge in [-0.25, -0.2) is 0 Å². The molecule has 0 aliphatic heterocycles. The summed E-state index contributed by atoms with van der Waals surface area (Å²) in [6.07, 6.45) is 0. The minimum atomic E-state index is -0.436. The first-order chi connectivity index (χ1) is 8.90. The molecule has 5 nitrogen and oxygen atoms in total. The van der Waals surface area contributed by atoms with Crippen molar-refractivity contribution in [3.8, 4) is 0 Å². The highest BCUT2D eigenvalue weighted by atomic mass is 35.5. The number of nitrogens with zero attached hydrogens (tertiary/aromatic N) is 3. The van der Waals surface area contributed by atoms with Crippen LogP contribution in [0.2, 0.25) is 10.0 Å². The summed E-state index contributed by atoms with van der Waals surface area (Å²) in [5.74, 6) is 0. The molecule has 0 radical (unpaired) electrons. The topological polar surface area (TPSA) is 61.0 Å². The van der Waals surface area contributed by atoms with Gasteiger partial charge in [0.25, 0.3) is 0 Å². The minimum absolute atomic E-state index is 0.00137. The molecule has 0 bridgehead atoms. The molecule has 0 saturated heterocycles. The maximum absolute atomic E-state index is 11.1. The van der Waals surface area contributed by atoms with Gasteiger partial charge in [-0.3, -0.25) is 14.8 Å². The fourth-order valence-electron chi connectivity index (χ4n) is 1.61. The van der Waals surface area contributed by atoms with E-state index in [9.17, 15) is 10.1 Å². The van der Waals surface area contributed by atoms with E-state index in [0.717, 1.165) is 0 Å². The number of halogens is 2. The van der Waals surface area contributed by atoms with Crippen LogP contribution in [0.3, 0.4) is 0 Å². The van der Waals surface area contributed by atoms with Gasteiger partial charge in [0.05, 0.1) is 9.95 Å². The number of nitro groups is 1. The van der Waals surface area contributed by atoms with E-state index in [-0.39, 0.29) is 5.69 Å². The molecule has 2 rings (SSSR count). The van der Waals surface area contributed by atoms with Crippen molar-refractivity contribution in [1.29, 1.82) is 0 Å². The van der Waals surface area contributed by atoms with Crippen molar-refractivity contribution in [2.45, 2.75) is 16.8 Å². The largest absolute Gasteiger partial charge is 0.324 e. The van der Waals surface area contributed by atoms with Crippen molar-refractivity contribution >= 4 is 40.7 Å². The molecule has 0 spiro atoms. The highest BCUT2D eigenvalue weighted by Crippen LogP contribution is 2.39. The molecule has 100 valence electrons. The standard InChI is InChI=1S/C11H9Cl2N3O2S/c1-6-10(16(17)18)11(15(2)14-6)19-9-4-3-7(12)5-8(9)13/h3-5H,1-2H3. The first-order valence-electron chi connectivity index (χ1n) is 5.21. The normalized spacial score (nSPS) is 10.7. The van der Waals surface area contributed by atoms with Crippen LogP contribution >= 0.6 is 35.0 Å². The van der Waals surface area contributed by atoms with E-state index < -0.39 is 4.92 Å². The quantitative estimate of drug-likeness (QED) is 0.631. The lowest BCUT2D eigenvalue weighted by Crippen LogP contribution is -1.94. The highest BCUT2D eigenvalue weighted by molar-refractivity contribution is 7.99. The van der Waals surface area contributed by atoms with Crippen LogP contribution in [-0.4, -0.2) is 14.7 Å². The molecule has 1 aromatic heterocycles. The van der Waals surface area contributed by atoms with E-state index >= 15 is 0 Å². The van der Waals surface area contributed by atoms with Crippen LogP contribution in [0.4, 0.5) is 5.69 Å². The van der Waals surface area contributed by atoms with E-state index in [1.165, 1.54) is 16.4 Å². The van der Waals surface area contributed by atoms with Crippen LogP contribution in [0, 0.1) is 17.0 Å². The number of aromatic nitrogens is 2. The van der Waals surface area contributed by atoms with Gasteiger partial charge in [0.1, 0.15) is 5.69 Å². The summed E-state index contributed by atoms with van der Waals surface area (Å²) < 4.78 is 1.48. The zero-order chi connectivity index (χ0) is 14.2. The number of aryl methyl sites for hydroxylation is 2. The molecular weight excluding hydrogens is 309 g/mol. The molecule has 1 aromatic carbocycles. The monoisotopic (exact) mass is 317 g/mol. The molecule has 0 unspecified atom stereocenters. The van der Waals surface area contributed by atoms with Crippen LogP contribution in [0.15, 0.2) is 28.1 Å². The van der Waals surface area contributed by atoms with Crippen LogP contribution in [0.1, 0.15) is 5.69 Å². The first-order valence-corrected chi connectivity index (χ1v) is 6.78. The second-order valence-electron chi connectivity index (χ2n) is 3.80. The summed E-state index contributed by atoms with van der Waals surface area (Å²) in [5, 5.41) is 16.5. The van der Waals surface area contributed by atoms with Gasteiger partial charge in [-0.2, -0.15) is 5.10 Å². The minimum Gasteiger partial charge on any atom is -0.258 e. The fraction of sp³-hybridized carbons (Fsp3) is 0.182. The number of hydrogen-bond donors (Lipinski definition) is 0. The molecule has 1 heterocycles. The summed E-state index contributed by atoms with van der Waals surface area (Å²) in [7, 11) is 1.66. The van der Waals surface area contributed by atoms with Crippen LogP contribution in [0.25, 0.3) is 0 Å². The van der Waals surface area contributed by atoms with Gasteiger partial charge in [-0.05, 0) is 25.1 Å². The Hall–Kier alpha value is -1.24. The van der Waals surface area contributed by atoms with Crippen molar-refractivity contribution in [2.75, 3.05) is 0 Å². The molecule has 2 aromatic rings. The SMILES string of the molecule is Cc1nn(C)c(Sc2ccc(Cl)cc2Cl)c1[N+](=O)[O-]. The Morgan fingerprint density at radius 3 is 2.68 bits per heavy atom. The number of rotatable bonds is 3. The molecule has 0 atom stereocenters. The zero-order valence-electron chi connectivity index (χ0n) is 10.1. The summed E-state index contributed by atoms with van der Waals surface area (Å²) in [5.41, 5.74) is 0.374. The fourth-order valence-corrected chi connectivity index (χ4v) is 3.13. The Balaban J connectivity index is 2.46. The lowest BCUT2D eigenvalue weighted by atomic mass is 10.4. The average molecular weight is 318 g/mol. The molecule has 0 saturated carbocycles. The van der Waals surface area contributed by atoms with E-state index in [2.05, 4.69) is 5.10 Å². The smallest absolute Gasteiger partial charge is 0.258 e. The zero-order valence-corrected chi connectivity index (χ0v) is 12.4. The Labute approximate surface area is 123 Å². The third-order valence-corrected chi connectivity index (χ3v) is 4.31. The summed E-state index contributed by atoms with van der Waals surface area (Å²) in [6, 6.07) is 5.01. The van der Waals surface area contributed by atoms with E-state index in [1.54, 1.807) is 32.2 Å². The van der Waals surface area contributed by atoms with Crippen molar-refractivity contribution in [3.63, 3.8) is 0 Å². The molecule has 0 aliphatic rings. The van der Waals surface area contributed by atoms with Crippen molar-refractivity contribution in [3.05, 3.63) is 44.1 Å². The molecule has 0 amide bonds. The Kier molecular flexibility index (Phi) is 4.03. The predicted octanol–water partition coefficient (Wildman–Crippen LogP) is 4.09. The molecule has 19 heavy (non-hydrogen) atoms. The summed E-state index contributed by atoms with van der Waals surface area (Å²) >= 11 is 13.1. The van der Waals surface area contributed by atoms with Crippen LogP contribution < -0.4 is 0 Å².